The summed E-state index contributed by atoms with van der Waals surface area (Å²) in [4.78, 5) is 24.8. The van der Waals surface area contributed by atoms with Crippen LogP contribution >= 0.6 is 0 Å². The van der Waals surface area contributed by atoms with Crippen molar-refractivity contribution >= 4 is 6.29 Å². The summed E-state index contributed by atoms with van der Waals surface area (Å²) in [6.45, 7) is 1.87. The van der Waals surface area contributed by atoms with Crippen LogP contribution in [0.1, 0.15) is 17.7 Å². The lowest BCUT2D eigenvalue weighted by molar-refractivity contribution is -0.107. The standard InChI is InChI=1S/C13H14N2O2/c1-10-9-14-13(17)15(10)12-7-3-2-5-11(12)6-4-8-16/h2-3,5,7-9H,4,6H2,1H3,(H,14,17). The molecule has 1 aromatic heterocycles. The highest BCUT2D eigenvalue weighted by molar-refractivity contribution is 5.52. The molecule has 1 aromatic carbocycles. The van der Waals surface area contributed by atoms with Crippen LogP contribution in [0.15, 0.2) is 35.3 Å². The molecular weight excluding hydrogens is 216 g/mol. The summed E-state index contributed by atoms with van der Waals surface area (Å²) in [6.07, 6.45) is 3.69. The van der Waals surface area contributed by atoms with E-state index in [9.17, 15) is 9.59 Å². The Bertz CT molecular complexity index is 581. The molecule has 17 heavy (non-hydrogen) atoms. The third-order valence-corrected chi connectivity index (χ3v) is 2.72. The maximum absolute atomic E-state index is 11.7. The maximum Gasteiger partial charge on any atom is 0.330 e. The maximum atomic E-state index is 11.7. The van der Waals surface area contributed by atoms with Gasteiger partial charge in [-0.3, -0.25) is 4.57 Å². The molecule has 0 radical (unpaired) electrons. The van der Waals surface area contributed by atoms with Crippen LogP contribution < -0.4 is 5.69 Å². The first kappa shape index (κ1) is 11.4. The van der Waals surface area contributed by atoms with Gasteiger partial charge in [0.25, 0.3) is 0 Å². The van der Waals surface area contributed by atoms with Crippen LogP contribution in [0.3, 0.4) is 0 Å². The first-order chi connectivity index (χ1) is 8.24. The molecule has 0 amide bonds. The predicted molar refractivity (Wildman–Crippen MR) is 65.5 cm³/mol. The van der Waals surface area contributed by atoms with Gasteiger partial charge in [-0.15, -0.1) is 0 Å². The van der Waals surface area contributed by atoms with Gasteiger partial charge >= 0.3 is 5.69 Å². The molecule has 0 aliphatic carbocycles. The van der Waals surface area contributed by atoms with E-state index in [-0.39, 0.29) is 5.69 Å². The van der Waals surface area contributed by atoms with Gasteiger partial charge in [0, 0.05) is 18.3 Å². The van der Waals surface area contributed by atoms with Crippen molar-refractivity contribution in [2.45, 2.75) is 19.8 Å². The van der Waals surface area contributed by atoms with Crippen LogP contribution in [-0.2, 0) is 11.2 Å². The Labute approximate surface area is 98.9 Å². The number of aromatic amines is 1. The number of aldehydes is 1. The monoisotopic (exact) mass is 230 g/mol. The van der Waals surface area contributed by atoms with Gasteiger partial charge in [0.15, 0.2) is 0 Å². The van der Waals surface area contributed by atoms with Gasteiger partial charge in [0.2, 0.25) is 0 Å². The van der Waals surface area contributed by atoms with Crippen LogP contribution in [0, 0.1) is 6.92 Å². The van der Waals surface area contributed by atoms with Gasteiger partial charge in [-0.25, -0.2) is 4.79 Å². The minimum atomic E-state index is -0.152. The van der Waals surface area contributed by atoms with E-state index in [1.54, 1.807) is 10.8 Å². The molecule has 0 saturated carbocycles. The Morgan fingerprint density at radius 1 is 1.35 bits per heavy atom. The lowest BCUT2D eigenvalue weighted by Gasteiger charge is -2.09. The quantitative estimate of drug-likeness (QED) is 0.811. The first-order valence-corrected chi connectivity index (χ1v) is 5.53. The molecule has 0 aliphatic heterocycles. The van der Waals surface area contributed by atoms with Crippen LogP contribution in [0.25, 0.3) is 5.69 Å². The summed E-state index contributed by atoms with van der Waals surface area (Å²) in [6, 6.07) is 7.63. The number of para-hydroxylation sites is 1. The fourth-order valence-corrected chi connectivity index (χ4v) is 1.91. The van der Waals surface area contributed by atoms with Crippen molar-refractivity contribution < 1.29 is 4.79 Å². The molecule has 1 heterocycles. The first-order valence-electron chi connectivity index (χ1n) is 5.53. The minimum absolute atomic E-state index is 0.152. The van der Waals surface area contributed by atoms with Gasteiger partial charge in [0.05, 0.1) is 5.69 Å². The van der Waals surface area contributed by atoms with Crippen LogP contribution in [-0.4, -0.2) is 15.8 Å². The van der Waals surface area contributed by atoms with Crippen LogP contribution in [0.5, 0.6) is 0 Å². The summed E-state index contributed by atoms with van der Waals surface area (Å²) >= 11 is 0. The zero-order chi connectivity index (χ0) is 12.3. The zero-order valence-electron chi connectivity index (χ0n) is 9.64. The van der Waals surface area contributed by atoms with Gasteiger partial charge in [-0.05, 0) is 25.0 Å². The molecule has 2 rings (SSSR count). The lowest BCUT2D eigenvalue weighted by atomic mass is 10.1. The Morgan fingerprint density at radius 2 is 2.12 bits per heavy atom. The summed E-state index contributed by atoms with van der Waals surface area (Å²) < 4.78 is 1.63. The smallest absolute Gasteiger partial charge is 0.312 e. The number of carbonyl (C=O) groups excluding carboxylic acids is 1. The third-order valence-electron chi connectivity index (χ3n) is 2.72. The molecule has 4 heteroatoms. The number of H-pyrrole nitrogens is 1. The van der Waals surface area contributed by atoms with E-state index < -0.39 is 0 Å². The largest absolute Gasteiger partial charge is 0.330 e. The molecule has 0 spiro atoms. The van der Waals surface area contributed by atoms with Crippen molar-refractivity contribution in [1.82, 2.24) is 9.55 Å². The van der Waals surface area contributed by atoms with Gasteiger partial charge in [0.1, 0.15) is 6.29 Å². The minimum Gasteiger partial charge on any atom is -0.312 e. The molecule has 0 bridgehead atoms. The molecule has 0 saturated heterocycles. The van der Waals surface area contributed by atoms with Crippen LogP contribution in [0.4, 0.5) is 0 Å². The van der Waals surface area contributed by atoms with Crippen molar-refractivity contribution in [3.05, 3.63) is 52.2 Å². The second-order valence-electron chi connectivity index (χ2n) is 3.90. The molecule has 0 unspecified atom stereocenters. The topological polar surface area (TPSA) is 54.9 Å². The van der Waals surface area contributed by atoms with E-state index in [1.165, 1.54) is 0 Å². The molecule has 1 N–H and O–H groups in total. The average molecular weight is 230 g/mol. The molecule has 4 nitrogen and oxygen atoms in total. The van der Waals surface area contributed by atoms with Gasteiger partial charge in [-0.2, -0.15) is 0 Å². The number of hydrogen-bond donors (Lipinski definition) is 1. The Kier molecular flexibility index (Phi) is 3.23. The van der Waals surface area contributed by atoms with E-state index >= 15 is 0 Å². The van der Waals surface area contributed by atoms with E-state index in [4.69, 9.17) is 0 Å². The van der Waals surface area contributed by atoms with E-state index in [1.807, 2.05) is 31.2 Å². The highest BCUT2D eigenvalue weighted by Gasteiger charge is 2.08. The van der Waals surface area contributed by atoms with Gasteiger partial charge in [-0.1, -0.05) is 18.2 Å². The van der Waals surface area contributed by atoms with Crippen LogP contribution in [0.2, 0.25) is 0 Å². The molecular formula is C13H14N2O2. The Balaban J connectivity index is 2.51. The highest BCUT2D eigenvalue weighted by Crippen LogP contribution is 2.15. The second-order valence-corrected chi connectivity index (χ2v) is 3.90. The fraction of sp³-hybridized carbons (Fsp3) is 0.231. The number of benzene rings is 1. The zero-order valence-corrected chi connectivity index (χ0v) is 9.64. The van der Waals surface area contributed by atoms with E-state index in [2.05, 4.69) is 4.98 Å². The number of carbonyl (C=O) groups is 1. The molecule has 2 aromatic rings. The summed E-state index contributed by atoms with van der Waals surface area (Å²) in [5, 5.41) is 0. The second kappa shape index (κ2) is 4.82. The Morgan fingerprint density at radius 3 is 2.76 bits per heavy atom. The SMILES string of the molecule is Cc1c[nH]c(=O)n1-c1ccccc1CCC=O. The van der Waals surface area contributed by atoms with Crippen molar-refractivity contribution in [1.29, 1.82) is 0 Å². The lowest BCUT2D eigenvalue weighted by Crippen LogP contribution is -2.17. The van der Waals surface area contributed by atoms with Crippen molar-refractivity contribution in [3.8, 4) is 5.69 Å². The summed E-state index contributed by atoms with van der Waals surface area (Å²) in [5.41, 5.74) is 2.55. The molecule has 0 atom stereocenters. The summed E-state index contributed by atoms with van der Waals surface area (Å²) in [5.74, 6) is 0. The molecule has 0 fully saturated rings. The summed E-state index contributed by atoms with van der Waals surface area (Å²) in [7, 11) is 0. The van der Waals surface area contributed by atoms with Crippen molar-refractivity contribution in [2.24, 2.45) is 0 Å². The van der Waals surface area contributed by atoms with Crippen molar-refractivity contribution in [3.63, 3.8) is 0 Å². The number of hydrogen-bond acceptors (Lipinski definition) is 2. The van der Waals surface area contributed by atoms with E-state index in [0.717, 1.165) is 23.2 Å². The number of nitrogens with one attached hydrogen (secondary N) is 1. The fourth-order valence-electron chi connectivity index (χ4n) is 1.91. The average Bonchev–Trinajstić information content (AvgIpc) is 2.67. The number of aromatic nitrogens is 2. The van der Waals surface area contributed by atoms with Crippen molar-refractivity contribution in [2.75, 3.05) is 0 Å². The number of nitrogens with zero attached hydrogens (tertiary/aromatic N) is 1. The van der Waals surface area contributed by atoms with E-state index in [0.29, 0.717) is 12.8 Å². The number of aryl methyl sites for hydroxylation is 2. The third kappa shape index (κ3) is 2.20. The highest BCUT2D eigenvalue weighted by atomic mass is 16.1. The molecule has 0 aliphatic rings. The Hall–Kier alpha value is -2.10. The normalized spacial score (nSPS) is 10.4. The number of rotatable bonds is 4. The number of imidazole rings is 1. The predicted octanol–water partition coefficient (Wildman–Crippen LogP) is 1.61. The van der Waals surface area contributed by atoms with Gasteiger partial charge < -0.3 is 9.78 Å². The molecule has 88 valence electrons.